The number of pyridine rings is 1. The van der Waals surface area contributed by atoms with Gasteiger partial charge >= 0.3 is 6.18 Å². The van der Waals surface area contributed by atoms with Gasteiger partial charge < -0.3 is 10.5 Å². The number of nitrogens with zero attached hydrogens (tertiary/aromatic N) is 1. The maximum Gasteiger partial charge on any atom is 0.422 e. The summed E-state index contributed by atoms with van der Waals surface area (Å²) in [4.78, 5) is 3.67. The number of thiocarbonyl (C=S) groups is 1. The van der Waals surface area contributed by atoms with Crippen molar-refractivity contribution in [3.63, 3.8) is 0 Å². The number of halogens is 3. The van der Waals surface area contributed by atoms with E-state index < -0.39 is 12.8 Å². The molecule has 0 saturated heterocycles. The monoisotopic (exact) mass is 236 g/mol. The summed E-state index contributed by atoms with van der Waals surface area (Å²) in [5.74, 6) is -0.155. The Labute approximate surface area is 89.1 Å². The Morgan fingerprint density at radius 3 is 2.73 bits per heavy atom. The molecule has 0 atom stereocenters. The van der Waals surface area contributed by atoms with Gasteiger partial charge in [0.05, 0.1) is 0 Å². The van der Waals surface area contributed by atoms with E-state index in [4.69, 9.17) is 5.73 Å². The molecular weight excluding hydrogens is 229 g/mol. The van der Waals surface area contributed by atoms with Crippen LogP contribution >= 0.6 is 12.2 Å². The van der Waals surface area contributed by atoms with Gasteiger partial charge in [0.1, 0.15) is 4.99 Å². The molecule has 1 aromatic rings. The van der Waals surface area contributed by atoms with Gasteiger partial charge in [-0.05, 0) is 6.07 Å². The van der Waals surface area contributed by atoms with Gasteiger partial charge in [-0.1, -0.05) is 12.2 Å². The molecule has 0 bridgehead atoms. The van der Waals surface area contributed by atoms with Crippen LogP contribution in [0.15, 0.2) is 18.3 Å². The second kappa shape index (κ2) is 4.43. The highest BCUT2D eigenvalue weighted by Crippen LogP contribution is 2.17. The second-order valence-corrected chi connectivity index (χ2v) is 3.09. The van der Waals surface area contributed by atoms with Crippen molar-refractivity contribution in [3.8, 4) is 5.88 Å². The Balaban J connectivity index is 2.70. The number of hydrogen-bond acceptors (Lipinski definition) is 3. The van der Waals surface area contributed by atoms with Gasteiger partial charge in [-0.25, -0.2) is 4.98 Å². The first-order valence-corrected chi connectivity index (χ1v) is 4.25. The first kappa shape index (κ1) is 11.7. The number of hydrogen-bond donors (Lipinski definition) is 1. The molecule has 0 aliphatic rings. The molecule has 82 valence electrons. The molecule has 7 heteroatoms. The van der Waals surface area contributed by atoms with Crippen LogP contribution in [0.2, 0.25) is 0 Å². The molecule has 0 saturated carbocycles. The molecule has 0 fully saturated rings. The van der Waals surface area contributed by atoms with Gasteiger partial charge in [-0.15, -0.1) is 0 Å². The molecule has 2 N–H and O–H groups in total. The second-order valence-electron chi connectivity index (χ2n) is 2.65. The minimum absolute atomic E-state index is 0.0780. The van der Waals surface area contributed by atoms with Crippen molar-refractivity contribution in [1.29, 1.82) is 0 Å². The molecular formula is C8H7F3N2OS. The van der Waals surface area contributed by atoms with E-state index in [-0.39, 0.29) is 10.9 Å². The van der Waals surface area contributed by atoms with Crippen molar-refractivity contribution in [1.82, 2.24) is 4.98 Å². The van der Waals surface area contributed by atoms with Crippen LogP contribution in [0.3, 0.4) is 0 Å². The molecule has 0 unspecified atom stereocenters. The topological polar surface area (TPSA) is 48.1 Å². The average Bonchev–Trinajstić information content (AvgIpc) is 2.14. The largest absolute Gasteiger partial charge is 0.468 e. The number of ether oxygens (including phenoxy) is 1. The molecule has 0 radical (unpaired) electrons. The van der Waals surface area contributed by atoms with Crippen LogP contribution in [0.5, 0.6) is 5.88 Å². The molecule has 3 nitrogen and oxygen atoms in total. The van der Waals surface area contributed by atoms with Crippen LogP contribution in [-0.4, -0.2) is 22.8 Å². The van der Waals surface area contributed by atoms with E-state index in [1.54, 1.807) is 0 Å². The normalized spacial score (nSPS) is 11.1. The maximum absolute atomic E-state index is 11.8. The van der Waals surface area contributed by atoms with Crippen LogP contribution in [0.25, 0.3) is 0 Å². The van der Waals surface area contributed by atoms with E-state index in [0.29, 0.717) is 5.56 Å². The Morgan fingerprint density at radius 2 is 2.20 bits per heavy atom. The summed E-state index contributed by atoms with van der Waals surface area (Å²) in [5, 5.41) is 0. The fourth-order valence-corrected chi connectivity index (χ4v) is 0.924. The van der Waals surface area contributed by atoms with Gasteiger partial charge in [0.15, 0.2) is 6.61 Å². The number of aromatic nitrogens is 1. The summed E-state index contributed by atoms with van der Waals surface area (Å²) in [6, 6.07) is 2.75. The summed E-state index contributed by atoms with van der Waals surface area (Å²) in [5.41, 5.74) is 5.70. The lowest BCUT2D eigenvalue weighted by Crippen LogP contribution is -2.20. The van der Waals surface area contributed by atoms with Crippen LogP contribution in [0.1, 0.15) is 5.56 Å². The molecule has 0 aromatic carbocycles. The first-order valence-electron chi connectivity index (χ1n) is 3.84. The molecule has 0 aliphatic carbocycles. The van der Waals surface area contributed by atoms with E-state index >= 15 is 0 Å². The fraction of sp³-hybridized carbons (Fsp3) is 0.250. The van der Waals surface area contributed by atoms with Crippen molar-refractivity contribution in [2.75, 3.05) is 6.61 Å². The molecule has 0 aliphatic heterocycles. The molecule has 0 spiro atoms. The lowest BCUT2D eigenvalue weighted by Gasteiger charge is -2.08. The third kappa shape index (κ3) is 4.11. The van der Waals surface area contributed by atoms with E-state index in [1.165, 1.54) is 18.3 Å². The summed E-state index contributed by atoms with van der Waals surface area (Å²) >= 11 is 4.65. The van der Waals surface area contributed by atoms with Crippen molar-refractivity contribution in [2.45, 2.75) is 6.18 Å². The molecule has 0 amide bonds. The van der Waals surface area contributed by atoms with Gasteiger partial charge in [0.25, 0.3) is 0 Å². The van der Waals surface area contributed by atoms with Crippen molar-refractivity contribution < 1.29 is 17.9 Å². The minimum atomic E-state index is -4.39. The Kier molecular flexibility index (Phi) is 3.46. The molecule has 1 heterocycles. The molecule has 1 rings (SSSR count). The van der Waals surface area contributed by atoms with Crippen LogP contribution < -0.4 is 10.5 Å². The van der Waals surface area contributed by atoms with E-state index in [0.717, 1.165) is 0 Å². The van der Waals surface area contributed by atoms with Crippen LogP contribution in [-0.2, 0) is 0 Å². The summed E-state index contributed by atoms with van der Waals surface area (Å²) < 4.78 is 39.8. The third-order valence-corrected chi connectivity index (χ3v) is 1.64. The zero-order valence-electron chi connectivity index (χ0n) is 7.41. The van der Waals surface area contributed by atoms with Crippen molar-refractivity contribution in [3.05, 3.63) is 23.9 Å². The highest BCUT2D eigenvalue weighted by Gasteiger charge is 2.28. The Bertz CT molecular complexity index is 367. The Morgan fingerprint density at radius 1 is 1.53 bits per heavy atom. The standard InChI is InChI=1S/C8H7F3N2OS/c9-8(10,11)4-14-6-3-5(7(12)15)1-2-13-6/h1-3H,4H2,(H2,12,15). The summed E-state index contributed by atoms with van der Waals surface area (Å²) in [7, 11) is 0. The van der Waals surface area contributed by atoms with Crippen LogP contribution in [0, 0.1) is 0 Å². The number of nitrogens with two attached hydrogens (primary N) is 1. The SMILES string of the molecule is NC(=S)c1ccnc(OCC(F)(F)F)c1. The quantitative estimate of drug-likeness (QED) is 0.811. The van der Waals surface area contributed by atoms with Gasteiger partial charge in [0, 0.05) is 17.8 Å². The Hall–Kier alpha value is -1.37. The van der Waals surface area contributed by atoms with Crippen molar-refractivity contribution in [2.24, 2.45) is 5.73 Å². The molecule has 15 heavy (non-hydrogen) atoms. The third-order valence-electron chi connectivity index (χ3n) is 1.40. The van der Waals surface area contributed by atoms with E-state index in [9.17, 15) is 13.2 Å². The minimum Gasteiger partial charge on any atom is -0.468 e. The number of rotatable bonds is 3. The summed E-state index contributed by atoms with van der Waals surface area (Å²) in [6.07, 6.45) is -3.11. The predicted molar refractivity (Wildman–Crippen MR) is 51.7 cm³/mol. The lowest BCUT2D eigenvalue weighted by atomic mass is 10.3. The maximum atomic E-state index is 11.8. The smallest absolute Gasteiger partial charge is 0.422 e. The lowest BCUT2D eigenvalue weighted by molar-refractivity contribution is -0.154. The zero-order valence-corrected chi connectivity index (χ0v) is 8.23. The number of alkyl halides is 3. The highest BCUT2D eigenvalue weighted by molar-refractivity contribution is 7.80. The summed E-state index contributed by atoms with van der Waals surface area (Å²) in [6.45, 7) is -1.39. The zero-order chi connectivity index (χ0) is 11.5. The average molecular weight is 236 g/mol. The van der Waals surface area contributed by atoms with Gasteiger partial charge in [-0.2, -0.15) is 13.2 Å². The van der Waals surface area contributed by atoms with Gasteiger partial charge in [0.2, 0.25) is 5.88 Å². The van der Waals surface area contributed by atoms with E-state index in [2.05, 4.69) is 21.9 Å². The highest BCUT2D eigenvalue weighted by atomic mass is 32.1. The first-order chi connectivity index (χ1) is 6.88. The van der Waals surface area contributed by atoms with E-state index in [1.807, 2.05) is 0 Å². The van der Waals surface area contributed by atoms with Crippen molar-refractivity contribution >= 4 is 17.2 Å². The van der Waals surface area contributed by atoms with Gasteiger partial charge in [-0.3, -0.25) is 0 Å². The predicted octanol–water partition coefficient (Wildman–Crippen LogP) is 1.66. The fourth-order valence-electron chi connectivity index (χ4n) is 0.797. The van der Waals surface area contributed by atoms with Crippen LogP contribution in [0.4, 0.5) is 13.2 Å². The molecule has 1 aromatic heterocycles.